The topological polar surface area (TPSA) is 29.9 Å². The van der Waals surface area contributed by atoms with Gasteiger partial charge >= 0.3 is 0 Å². The van der Waals surface area contributed by atoms with Crippen LogP contribution in [0.2, 0.25) is 0 Å². The molecule has 0 aromatic carbocycles. The summed E-state index contributed by atoms with van der Waals surface area (Å²) in [6.45, 7) is 6.30. The Balaban J connectivity index is 2.77. The largest absolute Gasteiger partial charge is 0.388 e. The van der Waals surface area contributed by atoms with Crippen molar-refractivity contribution in [3.8, 4) is 11.1 Å². The Morgan fingerprint density at radius 3 is 2.73 bits per heavy atom. The average Bonchev–Trinajstić information content (AvgIpc) is 2.82. The van der Waals surface area contributed by atoms with Gasteiger partial charge in [0.1, 0.15) is 0 Å². The lowest BCUT2D eigenvalue weighted by Crippen LogP contribution is -2.29. The molecule has 2 aromatic rings. The molecule has 0 saturated carbocycles. The van der Waals surface area contributed by atoms with Gasteiger partial charge < -0.3 is 9.88 Å². The van der Waals surface area contributed by atoms with Gasteiger partial charge in [-0.2, -0.15) is 0 Å². The number of pyridine rings is 1. The number of hydrogen-bond donors (Lipinski definition) is 1. The Hall–Kier alpha value is -2.29. The third kappa shape index (κ3) is 3.30. The van der Waals surface area contributed by atoms with E-state index in [-0.39, 0.29) is 0 Å². The zero-order valence-electron chi connectivity index (χ0n) is 14.1. The van der Waals surface area contributed by atoms with Gasteiger partial charge in [0.25, 0.3) is 0 Å². The van der Waals surface area contributed by atoms with Gasteiger partial charge in [-0.05, 0) is 38.0 Å². The lowest BCUT2D eigenvalue weighted by molar-refractivity contribution is 0.887. The minimum absolute atomic E-state index is 1.01. The quantitative estimate of drug-likeness (QED) is 0.939. The third-order valence-corrected chi connectivity index (χ3v) is 3.74. The van der Waals surface area contributed by atoms with Gasteiger partial charge in [-0.25, -0.2) is 0 Å². The van der Waals surface area contributed by atoms with Gasteiger partial charge in [-0.1, -0.05) is 19.1 Å². The van der Waals surface area contributed by atoms with Gasteiger partial charge in [0, 0.05) is 60.1 Å². The molecule has 2 aromatic heterocycles. The summed E-state index contributed by atoms with van der Waals surface area (Å²) >= 11 is 0. The fraction of sp³-hybridized carbons (Fsp3) is 0.316. The van der Waals surface area contributed by atoms with E-state index in [2.05, 4.69) is 73.2 Å². The van der Waals surface area contributed by atoms with Crippen molar-refractivity contribution in [2.24, 2.45) is 7.05 Å². The number of nitrogens with zero attached hydrogens (tertiary/aromatic N) is 2. The van der Waals surface area contributed by atoms with Crippen LogP contribution in [0.5, 0.6) is 0 Å². The van der Waals surface area contributed by atoms with Crippen molar-refractivity contribution in [2.45, 2.75) is 27.2 Å². The Morgan fingerprint density at radius 1 is 1.36 bits per heavy atom. The fourth-order valence-electron chi connectivity index (χ4n) is 2.71. The van der Waals surface area contributed by atoms with Crippen LogP contribution in [0, 0.1) is 6.92 Å². The molecule has 116 valence electrons. The number of aryl methyl sites for hydroxylation is 2. The van der Waals surface area contributed by atoms with Gasteiger partial charge in [0.05, 0.1) is 0 Å². The zero-order chi connectivity index (χ0) is 16.1. The van der Waals surface area contributed by atoms with E-state index in [1.165, 1.54) is 21.7 Å². The molecule has 0 unspecified atom stereocenters. The van der Waals surface area contributed by atoms with Gasteiger partial charge in [0.2, 0.25) is 0 Å². The van der Waals surface area contributed by atoms with E-state index in [0.717, 1.165) is 17.7 Å². The van der Waals surface area contributed by atoms with Crippen LogP contribution in [-0.2, 0) is 7.05 Å². The van der Waals surface area contributed by atoms with Crippen LogP contribution in [0.15, 0.2) is 36.4 Å². The summed E-state index contributed by atoms with van der Waals surface area (Å²) in [6.07, 6.45) is 13.6. The van der Waals surface area contributed by atoms with Crippen LogP contribution in [0.3, 0.4) is 0 Å². The van der Waals surface area contributed by atoms with Crippen LogP contribution in [-0.4, -0.2) is 16.6 Å². The summed E-state index contributed by atoms with van der Waals surface area (Å²) in [5, 5.41) is 5.71. The molecule has 0 bridgehead atoms. The second-order valence-electron chi connectivity index (χ2n) is 5.45. The first-order valence-electron chi connectivity index (χ1n) is 7.74. The van der Waals surface area contributed by atoms with Crippen molar-refractivity contribution in [1.82, 2.24) is 14.9 Å². The molecule has 2 rings (SSSR count). The molecule has 2 heterocycles. The normalized spacial score (nSPS) is 13.8. The maximum atomic E-state index is 4.34. The molecule has 0 amide bonds. The maximum Gasteiger partial charge on any atom is 0.0441 e. The molecule has 0 atom stereocenters. The summed E-state index contributed by atoms with van der Waals surface area (Å²) in [5.41, 5.74) is 4.68. The standard InChI is InChI=1S/C19H25N3/c1-6-8-16(20-4)10-17-18(13-22(5)19(17)7-2)15-9-14(3)11-21-12-15/h7-13,20H,6H2,1-5H3/b16-8-,17-10-,19-7?. The third-order valence-electron chi connectivity index (χ3n) is 3.74. The van der Waals surface area contributed by atoms with Crippen molar-refractivity contribution >= 4 is 12.2 Å². The molecule has 0 aliphatic carbocycles. The van der Waals surface area contributed by atoms with Crippen molar-refractivity contribution in [2.75, 3.05) is 7.05 Å². The lowest BCUT2D eigenvalue weighted by atomic mass is 10.1. The van der Waals surface area contributed by atoms with Gasteiger partial charge in [0.15, 0.2) is 0 Å². The molecule has 0 fully saturated rings. The van der Waals surface area contributed by atoms with Crippen LogP contribution in [0.4, 0.5) is 0 Å². The second kappa shape index (κ2) is 7.12. The van der Waals surface area contributed by atoms with E-state index in [4.69, 9.17) is 0 Å². The van der Waals surface area contributed by atoms with Crippen molar-refractivity contribution in [3.63, 3.8) is 0 Å². The lowest BCUT2D eigenvalue weighted by Gasteiger charge is -2.02. The smallest absolute Gasteiger partial charge is 0.0441 e. The number of hydrogen-bond acceptors (Lipinski definition) is 2. The highest BCUT2D eigenvalue weighted by atomic mass is 14.9. The molecular formula is C19H25N3. The highest BCUT2D eigenvalue weighted by molar-refractivity contribution is 5.67. The monoisotopic (exact) mass is 295 g/mol. The van der Waals surface area contributed by atoms with E-state index >= 15 is 0 Å². The maximum absolute atomic E-state index is 4.34. The van der Waals surface area contributed by atoms with Crippen LogP contribution >= 0.6 is 0 Å². The molecule has 0 aliphatic heterocycles. The fourth-order valence-corrected chi connectivity index (χ4v) is 2.71. The summed E-state index contributed by atoms with van der Waals surface area (Å²) in [6, 6.07) is 2.18. The van der Waals surface area contributed by atoms with E-state index in [1.54, 1.807) is 0 Å². The first-order valence-corrected chi connectivity index (χ1v) is 7.74. The predicted molar refractivity (Wildman–Crippen MR) is 94.7 cm³/mol. The molecule has 0 saturated heterocycles. The van der Waals surface area contributed by atoms with Gasteiger partial charge in [-0.3, -0.25) is 4.98 Å². The van der Waals surface area contributed by atoms with E-state index in [1.807, 2.05) is 19.4 Å². The predicted octanol–water partition coefficient (Wildman–Crippen LogP) is 2.49. The van der Waals surface area contributed by atoms with Gasteiger partial charge in [-0.15, -0.1) is 0 Å². The Morgan fingerprint density at radius 2 is 2.14 bits per heavy atom. The Labute approximate surface area is 132 Å². The summed E-state index contributed by atoms with van der Waals surface area (Å²) in [7, 11) is 4.05. The van der Waals surface area contributed by atoms with E-state index in [9.17, 15) is 0 Å². The number of nitrogens with one attached hydrogen (secondary N) is 1. The minimum atomic E-state index is 1.01. The van der Waals surface area contributed by atoms with E-state index in [0.29, 0.717) is 0 Å². The number of rotatable bonds is 4. The highest BCUT2D eigenvalue weighted by Crippen LogP contribution is 2.14. The van der Waals surface area contributed by atoms with E-state index < -0.39 is 0 Å². The zero-order valence-corrected chi connectivity index (χ0v) is 14.1. The first-order chi connectivity index (χ1) is 10.6. The Kier molecular flexibility index (Phi) is 5.21. The molecule has 22 heavy (non-hydrogen) atoms. The minimum Gasteiger partial charge on any atom is -0.388 e. The van der Waals surface area contributed by atoms with Crippen LogP contribution < -0.4 is 15.9 Å². The second-order valence-corrected chi connectivity index (χ2v) is 5.45. The van der Waals surface area contributed by atoms with Crippen LogP contribution in [0.1, 0.15) is 25.8 Å². The Bertz CT molecular complexity index is 795. The van der Waals surface area contributed by atoms with Crippen molar-refractivity contribution in [1.29, 1.82) is 0 Å². The molecule has 0 spiro atoms. The first kappa shape index (κ1) is 16.1. The van der Waals surface area contributed by atoms with Crippen LogP contribution in [0.25, 0.3) is 23.3 Å². The highest BCUT2D eigenvalue weighted by Gasteiger charge is 2.06. The number of aromatic nitrogens is 2. The average molecular weight is 295 g/mol. The molecule has 0 radical (unpaired) electrons. The van der Waals surface area contributed by atoms with Crippen molar-refractivity contribution in [3.05, 3.63) is 52.6 Å². The molecule has 1 N–H and O–H groups in total. The molecule has 0 aliphatic rings. The SMILES string of the molecule is CC=c1/c(=C\C(=C\CC)NC)c(-c2cncc(C)c2)cn1C. The molecule has 3 heteroatoms. The summed E-state index contributed by atoms with van der Waals surface area (Å²) in [4.78, 5) is 4.34. The number of allylic oxidation sites excluding steroid dienone is 2. The molecule has 3 nitrogen and oxygen atoms in total. The summed E-state index contributed by atoms with van der Waals surface area (Å²) < 4.78 is 2.17. The summed E-state index contributed by atoms with van der Waals surface area (Å²) in [5.74, 6) is 0. The molecular weight excluding hydrogens is 270 g/mol. The van der Waals surface area contributed by atoms with Crippen molar-refractivity contribution < 1.29 is 0 Å².